The van der Waals surface area contributed by atoms with Crippen molar-refractivity contribution in [3.05, 3.63) is 95.6 Å². The van der Waals surface area contributed by atoms with Gasteiger partial charge >= 0.3 is 0 Å². The van der Waals surface area contributed by atoms with Crippen molar-refractivity contribution in [2.24, 2.45) is 5.16 Å². The Morgan fingerprint density at radius 1 is 0.958 bits per heavy atom. The van der Waals surface area contributed by atoms with Gasteiger partial charge in [-0.3, -0.25) is 0 Å². The second-order valence-corrected chi connectivity index (χ2v) is 5.22. The predicted octanol–water partition coefficient (Wildman–Crippen LogP) is 4.62. The lowest BCUT2D eigenvalue weighted by atomic mass is 9.90. The van der Waals surface area contributed by atoms with Gasteiger partial charge in [0.2, 0.25) is 0 Å². The fourth-order valence-electron chi connectivity index (χ4n) is 2.62. The molecule has 0 saturated heterocycles. The zero-order valence-electron chi connectivity index (χ0n) is 13.3. The van der Waals surface area contributed by atoms with Crippen LogP contribution in [0.3, 0.4) is 0 Å². The van der Waals surface area contributed by atoms with Crippen LogP contribution in [-0.2, 0) is 4.84 Å². The second kappa shape index (κ2) is 7.26. The van der Waals surface area contributed by atoms with Crippen LogP contribution in [0.15, 0.2) is 89.6 Å². The lowest BCUT2D eigenvalue weighted by Gasteiger charge is -2.14. The quantitative estimate of drug-likeness (QED) is 0.613. The first-order chi connectivity index (χ1) is 11.8. The third-order valence-corrected chi connectivity index (χ3v) is 3.73. The van der Waals surface area contributed by atoms with Crippen molar-refractivity contribution in [3.63, 3.8) is 0 Å². The molecule has 0 aromatic heterocycles. The summed E-state index contributed by atoms with van der Waals surface area (Å²) < 4.78 is 0. The number of nitrogens with zero attached hydrogens (tertiary/aromatic N) is 2. The minimum absolute atomic E-state index is 0.636. The summed E-state index contributed by atoms with van der Waals surface area (Å²) in [6, 6.07) is 22.0. The molecule has 24 heavy (non-hydrogen) atoms. The fraction of sp³-hybridized carbons (Fsp3) is 0.0476. The van der Waals surface area contributed by atoms with Gasteiger partial charge in [0, 0.05) is 5.57 Å². The Morgan fingerprint density at radius 3 is 2.25 bits per heavy atom. The number of rotatable bonds is 3. The van der Waals surface area contributed by atoms with E-state index >= 15 is 0 Å². The molecule has 0 amide bonds. The molecule has 3 heteroatoms. The van der Waals surface area contributed by atoms with Gasteiger partial charge in [-0.1, -0.05) is 71.9 Å². The van der Waals surface area contributed by atoms with Gasteiger partial charge in [0.25, 0.3) is 0 Å². The SMILES string of the molecule is CO/N=C1C=C/C(=C(\C#N)c2ccccc2)C=C\1c1ccccc1. The molecule has 0 saturated carbocycles. The van der Waals surface area contributed by atoms with Crippen LogP contribution in [0.25, 0.3) is 11.1 Å². The third-order valence-electron chi connectivity index (χ3n) is 3.73. The molecule has 0 spiro atoms. The first-order valence-electron chi connectivity index (χ1n) is 7.60. The lowest BCUT2D eigenvalue weighted by Crippen LogP contribution is -2.05. The maximum absolute atomic E-state index is 9.63. The van der Waals surface area contributed by atoms with Crippen LogP contribution in [-0.4, -0.2) is 12.8 Å². The molecule has 0 heterocycles. The number of nitriles is 1. The normalized spacial score (nSPS) is 17.2. The summed E-state index contributed by atoms with van der Waals surface area (Å²) in [6.07, 6.45) is 5.76. The largest absolute Gasteiger partial charge is 0.399 e. The number of allylic oxidation sites excluding steroid dienone is 6. The lowest BCUT2D eigenvalue weighted by molar-refractivity contribution is 0.214. The van der Waals surface area contributed by atoms with Crippen molar-refractivity contribution in [2.45, 2.75) is 0 Å². The molecule has 2 aromatic carbocycles. The van der Waals surface area contributed by atoms with Crippen molar-refractivity contribution in [2.75, 3.05) is 7.11 Å². The van der Waals surface area contributed by atoms with Gasteiger partial charge in [0.15, 0.2) is 0 Å². The molecule has 1 aliphatic carbocycles. The van der Waals surface area contributed by atoms with Crippen molar-refractivity contribution >= 4 is 16.9 Å². The highest BCUT2D eigenvalue weighted by molar-refractivity contribution is 6.31. The van der Waals surface area contributed by atoms with Gasteiger partial charge in [0.1, 0.15) is 18.9 Å². The summed E-state index contributed by atoms with van der Waals surface area (Å²) in [5.74, 6) is 0. The minimum Gasteiger partial charge on any atom is -0.399 e. The van der Waals surface area contributed by atoms with E-state index in [1.54, 1.807) is 0 Å². The van der Waals surface area contributed by atoms with Crippen LogP contribution < -0.4 is 0 Å². The summed E-state index contributed by atoms with van der Waals surface area (Å²) in [4.78, 5) is 4.95. The fourth-order valence-corrected chi connectivity index (χ4v) is 2.62. The number of hydrogen-bond acceptors (Lipinski definition) is 3. The van der Waals surface area contributed by atoms with Crippen LogP contribution in [0.1, 0.15) is 11.1 Å². The highest BCUT2D eigenvalue weighted by atomic mass is 16.6. The maximum atomic E-state index is 9.63. The van der Waals surface area contributed by atoms with E-state index in [1.165, 1.54) is 7.11 Å². The van der Waals surface area contributed by atoms with Crippen LogP contribution >= 0.6 is 0 Å². The highest BCUT2D eigenvalue weighted by Crippen LogP contribution is 2.28. The second-order valence-electron chi connectivity index (χ2n) is 5.22. The van der Waals surface area contributed by atoms with Gasteiger partial charge in [-0.2, -0.15) is 5.26 Å². The summed E-state index contributed by atoms with van der Waals surface area (Å²) >= 11 is 0. The van der Waals surface area contributed by atoms with E-state index in [1.807, 2.05) is 78.9 Å². The van der Waals surface area contributed by atoms with Gasteiger partial charge in [-0.25, -0.2) is 0 Å². The summed E-state index contributed by atoms with van der Waals surface area (Å²) in [5, 5.41) is 13.7. The smallest absolute Gasteiger partial charge is 0.110 e. The van der Waals surface area contributed by atoms with E-state index in [4.69, 9.17) is 4.84 Å². The molecule has 3 rings (SSSR count). The summed E-state index contributed by atoms with van der Waals surface area (Å²) in [5.41, 5.74) is 5.08. The van der Waals surface area contributed by atoms with E-state index in [-0.39, 0.29) is 0 Å². The molecule has 0 fully saturated rings. The molecule has 1 aliphatic rings. The summed E-state index contributed by atoms with van der Waals surface area (Å²) in [6.45, 7) is 0. The van der Waals surface area contributed by atoms with Crippen molar-refractivity contribution in [1.29, 1.82) is 5.26 Å². The zero-order valence-corrected chi connectivity index (χ0v) is 13.3. The van der Waals surface area contributed by atoms with Gasteiger partial charge in [0.05, 0.1) is 5.57 Å². The Kier molecular flexibility index (Phi) is 4.69. The van der Waals surface area contributed by atoms with Crippen LogP contribution in [0, 0.1) is 11.3 Å². The van der Waals surface area contributed by atoms with Crippen LogP contribution in [0.2, 0.25) is 0 Å². The maximum Gasteiger partial charge on any atom is 0.110 e. The molecule has 3 nitrogen and oxygen atoms in total. The van der Waals surface area contributed by atoms with Crippen molar-refractivity contribution in [1.82, 2.24) is 0 Å². The average molecular weight is 312 g/mol. The molecule has 0 unspecified atom stereocenters. The molecule has 0 N–H and O–H groups in total. The van der Waals surface area contributed by atoms with E-state index in [2.05, 4.69) is 11.2 Å². The van der Waals surface area contributed by atoms with Crippen molar-refractivity contribution in [3.8, 4) is 6.07 Å². The molecule has 0 bridgehead atoms. The topological polar surface area (TPSA) is 45.4 Å². The van der Waals surface area contributed by atoms with Crippen LogP contribution in [0.5, 0.6) is 0 Å². The van der Waals surface area contributed by atoms with E-state index in [9.17, 15) is 5.26 Å². The number of benzene rings is 2. The first-order valence-corrected chi connectivity index (χ1v) is 7.60. The molecular weight excluding hydrogens is 296 g/mol. The van der Waals surface area contributed by atoms with Gasteiger partial charge in [-0.05, 0) is 28.9 Å². The molecule has 0 atom stereocenters. The van der Waals surface area contributed by atoms with Gasteiger partial charge in [-0.15, -0.1) is 0 Å². The molecule has 0 aliphatic heterocycles. The summed E-state index contributed by atoms with van der Waals surface area (Å²) in [7, 11) is 1.53. The predicted molar refractivity (Wildman–Crippen MR) is 97.0 cm³/mol. The monoisotopic (exact) mass is 312 g/mol. The molecule has 2 aromatic rings. The highest BCUT2D eigenvalue weighted by Gasteiger charge is 2.15. The Hall–Kier alpha value is -3.38. The van der Waals surface area contributed by atoms with E-state index < -0.39 is 0 Å². The standard InChI is InChI=1S/C21H16N2O/c1-24-23-21-13-12-18(14-19(21)16-8-4-2-5-9-16)20(15-22)17-10-6-3-7-11-17/h2-14H,1H3/b20-18-,23-21+. The Labute approximate surface area is 141 Å². The Bertz CT molecular complexity index is 882. The first kappa shape index (κ1) is 15.5. The number of hydrogen-bond donors (Lipinski definition) is 0. The van der Waals surface area contributed by atoms with Gasteiger partial charge < -0.3 is 4.84 Å². The third kappa shape index (κ3) is 3.18. The number of oxime groups is 1. The zero-order chi connectivity index (χ0) is 16.8. The van der Waals surface area contributed by atoms with Crippen molar-refractivity contribution < 1.29 is 4.84 Å². The van der Waals surface area contributed by atoms with E-state index in [0.717, 1.165) is 28.0 Å². The molecule has 116 valence electrons. The molecule has 0 radical (unpaired) electrons. The minimum atomic E-state index is 0.636. The molecular formula is C21H16N2O. The average Bonchev–Trinajstić information content (AvgIpc) is 2.65. The Morgan fingerprint density at radius 2 is 1.62 bits per heavy atom. The van der Waals surface area contributed by atoms with Crippen LogP contribution in [0.4, 0.5) is 0 Å². The van der Waals surface area contributed by atoms with E-state index in [0.29, 0.717) is 5.57 Å². The Balaban J connectivity index is 2.16.